The fraction of sp³-hybridized carbons (Fsp3) is 0.125. The van der Waals surface area contributed by atoms with Crippen molar-refractivity contribution in [3.63, 3.8) is 0 Å². The van der Waals surface area contributed by atoms with Gasteiger partial charge in [0.15, 0.2) is 0 Å². The van der Waals surface area contributed by atoms with E-state index in [-0.39, 0.29) is 0 Å². The lowest BCUT2D eigenvalue weighted by atomic mass is 9.93. The minimum atomic E-state index is 0.595. The summed E-state index contributed by atoms with van der Waals surface area (Å²) >= 11 is 0. The van der Waals surface area contributed by atoms with Crippen molar-refractivity contribution in [3.05, 3.63) is 85.0 Å². The van der Waals surface area contributed by atoms with Gasteiger partial charge in [-0.05, 0) is 41.0 Å². The molecule has 0 amide bonds. The van der Waals surface area contributed by atoms with Gasteiger partial charge in [-0.1, -0.05) is 55.5 Å². The van der Waals surface area contributed by atoms with Crippen molar-refractivity contribution in [2.24, 2.45) is 5.92 Å². The minimum Gasteiger partial charge on any atom is -0.264 e. The van der Waals surface area contributed by atoms with E-state index in [1.165, 1.54) is 11.1 Å². The summed E-state index contributed by atoms with van der Waals surface area (Å²) < 4.78 is 0. The number of hydrogen-bond donors (Lipinski definition) is 0. The predicted octanol–water partition coefficient (Wildman–Crippen LogP) is 5.82. The second kappa shape index (κ2) is 6.44. The molecule has 3 nitrogen and oxygen atoms in total. The van der Waals surface area contributed by atoms with Crippen LogP contribution in [0.15, 0.2) is 79.4 Å². The summed E-state index contributed by atoms with van der Waals surface area (Å²) in [7, 11) is 0. The van der Waals surface area contributed by atoms with Crippen LogP contribution in [-0.2, 0) is 0 Å². The second-order valence-electron chi connectivity index (χ2n) is 7.10. The first-order valence-electron chi connectivity index (χ1n) is 9.26. The molecular formula is C24H19N3. The summed E-state index contributed by atoms with van der Waals surface area (Å²) in [6.07, 6.45) is 13.3. The molecule has 1 atom stereocenters. The summed E-state index contributed by atoms with van der Waals surface area (Å²) in [5.41, 5.74) is 5.54. The Hall–Kier alpha value is -3.33. The van der Waals surface area contributed by atoms with E-state index >= 15 is 0 Å². The summed E-state index contributed by atoms with van der Waals surface area (Å²) in [4.78, 5) is 13.4. The molecule has 1 unspecified atom stereocenters. The average molecular weight is 349 g/mol. The van der Waals surface area contributed by atoms with E-state index in [1.807, 2.05) is 18.5 Å². The van der Waals surface area contributed by atoms with Crippen LogP contribution in [0.25, 0.3) is 38.5 Å². The number of nitrogens with zero attached hydrogens (tertiary/aromatic N) is 3. The second-order valence-corrected chi connectivity index (χ2v) is 7.10. The summed E-state index contributed by atoms with van der Waals surface area (Å²) in [6, 6.07) is 14.9. The van der Waals surface area contributed by atoms with Crippen LogP contribution < -0.4 is 0 Å². The molecule has 2 heterocycles. The molecule has 2 aromatic heterocycles. The SMILES string of the molecule is CC1C=C(c2ccc(-c3ncnc4c3ccc3ccncc34)cc2)C=CC1. The highest BCUT2D eigenvalue weighted by atomic mass is 14.8. The Bertz CT molecular complexity index is 1200. The van der Waals surface area contributed by atoms with Gasteiger partial charge in [0.2, 0.25) is 0 Å². The van der Waals surface area contributed by atoms with Crippen LogP contribution in [0.3, 0.4) is 0 Å². The highest BCUT2D eigenvalue weighted by Gasteiger charge is 2.11. The van der Waals surface area contributed by atoms with E-state index in [2.05, 4.69) is 76.5 Å². The van der Waals surface area contributed by atoms with Crippen molar-refractivity contribution in [1.82, 2.24) is 15.0 Å². The Balaban J connectivity index is 1.61. The van der Waals surface area contributed by atoms with Gasteiger partial charge < -0.3 is 0 Å². The van der Waals surface area contributed by atoms with Gasteiger partial charge in [0.05, 0.1) is 11.2 Å². The smallest absolute Gasteiger partial charge is 0.116 e. The van der Waals surface area contributed by atoms with Crippen LogP contribution in [0.5, 0.6) is 0 Å². The molecule has 0 fully saturated rings. The number of aromatic nitrogens is 3. The standard InChI is InChI=1S/C24H19N3/c1-16-3-2-4-20(13-16)17-5-7-19(8-6-17)23-21-10-9-18-11-12-25-14-22(18)24(21)27-15-26-23/h2,4-16H,3H2,1H3. The normalized spacial score (nSPS) is 16.6. The fourth-order valence-corrected chi connectivity index (χ4v) is 3.77. The highest BCUT2D eigenvalue weighted by Crippen LogP contribution is 2.31. The molecule has 1 aliphatic carbocycles. The summed E-state index contributed by atoms with van der Waals surface area (Å²) in [5.74, 6) is 0.595. The van der Waals surface area contributed by atoms with E-state index in [0.29, 0.717) is 5.92 Å². The maximum atomic E-state index is 4.58. The third kappa shape index (κ3) is 2.81. The quantitative estimate of drug-likeness (QED) is 0.428. The van der Waals surface area contributed by atoms with Gasteiger partial charge in [0.1, 0.15) is 6.33 Å². The van der Waals surface area contributed by atoms with Crippen molar-refractivity contribution in [2.75, 3.05) is 0 Å². The third-order valence-electron chi connectivity index (χ3n) is 5.18. The van der Waals surface area contributed by atoms with Crippen molar-refractivity contribution in [3.8, 4) is 11.3 Å². The molecule has 0 aliphatic heterocycles. The highest BCUT2D eigenvalue weighted by molar-refractivity contribution is 6.08. The minimum absolute atomic E-state index is 0.595. The average Bonchev–Trinajstić information content (AvgIpc) is 2.73. The fourth-order valence-electron chi connectivity index (χ4n) is 3.77. The Morgan fingerprint density at radius 2 is 1.74 bits per heavy atom. The number of hydrogen-bond acceptors (Lipinski definition) is 3. The van der Waals surface area contributed by atoms with Gasteiger partial charge in [-0.2, -0.15) is 0 Å². The molecule has 0 N–H and O–H groups in total. The molecule has 130 valence electrons. The van der Waals surface area contributed by atoms with E-state index in [1.54, 1.807) is 6.33 Å². The zero-order chi connectivity index (χ0) is 18.2. The zero-order valence-electron chi connectivity index (χ0n) is 15.1. The number of pyridine rings is 1. The number of benzene rings is 2. The van der Waals surface area contributed by atoms with Gasteiger partial charge in [-0.3, -0.25) is 4.98 Å². The molecule has 4 aromatic rings. The van der Waals surface area contributed by atoms with Gasteiger partial charge >= 0.3 is 0 Å². The number of fused-ring (bicyclic) bond motifs is 3. The number of allylic oxidation sites excluding steroid dienone is 4. The zero-order valence-corrected chi connectivity index (χ0v) is 15.1. The molecule has 0 saturated carbocycles. The molecule has 3 heteroatoms. The number of rotatable bonds is 2. The Morgan fingerprint density at radius 3 is 2.59 bits per heavy atom. The largest absolute Gasteiger partial charge is 0.264 e. The molecule has 0 bridgehead atoms. The van der Waals surface area contributed by atoms with Crippen LogP contribution >= 0.6 is 0 Å². The van der Waals surface area contributed by atoms with Gasteiger partial charge in [0.25, 0.3) is 0 Å². The molecule has 27 heavy (non-hydrogen) atoms. The Labute approximate surface area is 158 Å². The van der Waals surface area contributed by atoms with E-state index in [9.17, 15) is 0 Å². The molecule has 0 saturated heterocycles. The summed E-state index contributed by atoms with van der Waals surface area (Å²) in [6.45, 7) is 2.25. The Morgan fingerprint density at radius 1 is 0.889 bits per heavy atom. The lowest BCUT2D eigenvalue weighted by molar-refractivity contribution is 0.740. The van der Waals surface area contributed by atoms with Crippen molar-refractivity contribution in [2.45, 2.75) is 13.3 Å². The first-order valence-corrected chi connectivity index (χ1v) is 9.26. The summed E-state index contributed by atoms with van der Waals surface area (Å²) in [5, 5.41) is 3.25. The van der Waals surface area contributed by atoms with E-state index < -0.39 is 0 Å². The maximum Gasteiger partial charge on any atom is 0.116 e. The van der Waals surface area contributed by atoms with Crippen LogP contribution in [0.4, 0.5) is 0 Å². The first-order chi connectivity index (χ1) is 13.3. The lowest BCUT2D eigenvalue weighted by Crippen LogP contribution is -1.95. The molecule has 0 radical (unpaired) electrons. The van der Waals surface area contributed by atoms with Crippen LogP contribution in [0, 0.1) is 5.92 Å². The lowest BCUT2D eigenvalue weighted by Gasteiger charge is -2.13. The van der Waals surface area contributed by atoms with E-state index in [0.717, 1.165) is 39.4 Å². The first kappa shape index (κ1) is 15.9. The molecular weight excluding hydrogens is 330 g/mol. The molecule has 1 aliphatic rings. The Kier molecular flexibility index (Phi) is 3.79. The predicted molar refractivity (Wildman–Crippen MR) is 111 cm³/mol. The van der Waals surface area contributed by atoms with Crippen molar-refractivity contribution in [1.29, 1.82) is 0 Å². The van der Waals surface area contributed by atoms with Crippen LogP contribution in [0.2, 0.25) is 0 Å². The van der Waals surface area contributed by atoms with E-state index in [4.69, 9.17) is 0 Å². The maximum absolute atomic E-state index is 4.58. The van der Waals surface area contributed by atoms with Gasteiger partial charge in [-0.25, -0.2) is 9.97 Å². The van der Waals surface area contributed by atoms with Crippen molar-refractivity contribution < 1.29 is 0 Å². The molecule has 2 aromatic carbocycles. The molecule has 5 rings (SSSR count). The third-order valence-corrected chi connectivity index (χ3v) is 5.18. The van der Waals surface area contributed by atoms with Gasteiger partial charge in [0, 0.05) is 28.7 Å². The van der Waals surface area contributed by atoms with Crippen LogP contribution in [-0.4, -0.2) is 15.0 Å². The monoisotopic (exact) mass is 349 g/mol. The molecule has 0 spiro atoms. The topological polar surface area (TPSA) is 38.7 Å². The van der Waals surface area contributed by atoms with Crippen LogP contribution in [0.1, 0.15) is 18.9 Å². The van der Waals surface area contributed by atoms with Crippen molar-refractivity contribution >= 4 is 27.2 Å². The van der Waals surface area contributed by atoms with Gasteiger partial charge in [-0.15, -0.1) is 0 Å².